The van der Waals surface area contributed by atoms with E-state index in [1.807, 2.05) is 4.90 Å². The van der Waals surface area contributed by atoms with Crippen LogP contribution in [0.1, 0.15) is 44.1 Å². The first-order valence-electron chi connectivity index (χ1n) is 8.88. The maximum atomic E-state index is 12.6. The number of anilines is 1. The molecule has 1 aromatic rings. The molecule has 1 aliphatic carbocycles. The SMILES string of the molecule is CC(C(=O)O)c1cccc(NC(=O)C2CCCN(C(=O)C3CC3)C2)c1. The molecule has 2 unspecified atom stereocenters. The van der Waals surface area contributed by atoms with Crippen LogP contribution >= 0.6 is 0 Å². The van der Waals surface area contributed by atoms with E-state index in [4.69, 9.17) is 5.11 Å². The first-order valence-corrected chi connectivity index (χ1v) is 8.88. The van der Waals surface area contributed by atoms with Gasteiger partial charge in [-0.15, -0.1) is 0 Å². The predicted molar refractivity (Wildman–Crippen MR) is 93.2 cm³/mol. The van der Waals surface area contributed by atoms with Crippen LogP contribution in [0.25, 0.3) is 0 Å². The fourth-order valence-corrected chi connectivity index (χ4v) is 3.25. The normalized spacial score (nSPS) is 21.5. The Bertz CT molecular complexity index is 684. The van der Waals surface area contributed by atoms with Gasteiger partial charge >= 0.3 is 5.97 Å². The van der Waals surface area contributed by atoms with Crippen molar-refractivity contribution in [3.63, 3.8) is 0 Å². The minimum atomic E-state index is -0.898. The standard InChI is InChI=1S/C19H24N2O4/c1-12(19(24)25)14-4-2-6-16(10-14)20-17(22)15-5-3-9-21(11-15)18(23)13-7-8-13/h2,4,6,10,12-13,15H,3,5,7-9,11H2,1H3,(H,20,22)(H,24,25). The van der Waals surface area contributed by atoms with Crippen molar-refractivity contribution in [2.45, 2.75) is 38.5 Å². The summed E-state index contributed by atoms with van der Waals surface area (Å²) in [6.07, 6.45) is 3.56. The number of amides is 2. The van der Waals surface area contributed by atoms with Crippen LogP contribution in [0.5, 0.6) is 0 Å². The van der Waals surface area contributed by atoms with E-state index in [1.165, 1.54) is 0 Å². The third-order valence-corrected chi connectivity index (χ3v) is 5.06. The molecule has 2 atom stereocenters. The highest BCUT2D eigenvalue weighted by Gasteiger charge is 2.36. The van der Waals surface area contributed by atoms with Gasteiger partial charge in [-0.1, -0.05) is 12.1 Å². The number of benzene rings is 1. The summed E-state index contributed by atoms with van der Waals surface area (Å²) in [5, 5.41) is 12.0. The summed E-state index contributed by atoms with van der Waals surface area (Å²) >= 11 is 0. The maximum absolute atomic E-state index is 12.6. The molecule has 1 aliphatic heterocycles. The quantitative estimate of drug-likeness (QED) is 0.859. The zero-order valence-corrected chi connectivity index (χ0v) is 14.4. The average Bonchev–Trinajstić information content (AvgIpc) is 3.45. The second-order valence-electron chi connectivity index (χ2n) is 7.07. The smallest absolute Gasteiger partial charge is 0.310 e. The summed E-state index contributed by atoms with van der Waals surface area (Å²) in [5.41, 5.74) is 1.25. The minimum absolute atomic E-state index is 0.103. The second kappa shape index (κ2) is 7.25. The van der Waals surface area contributed by atoms with Gasteiger partial charge in [0.2, 0.25) is 11.8 Å². The van der Waals surface area contributed by atoms with E-state index < -0.39 is 11.9 Å². The van der Waals surface area contributed by atoms with E-state index in [9.17, 15) is 14.4 Å². The number of rotatable bonds is 5. The molecule has 2 amide bonds. The van der Waals surface area contributed by atoms with Crippen LogP contribution in [-0.4, -0.2) is 40.9 Å². The Kier molecular flexibility index (Phi) is 5.06. The van der Waals surface area contributed by atoms with E-state index in [2.05, 4.69) is 5.32 Å². The lowest BCUT2D eigenvalue weighted by Crippen LogP contribution is -2.44. The number of carboxylic acids is 1. The van der Waals surface area contributed by atoms with Gasteiger partial charge in [0, 0.05) is 24.7 Å². The van der Waals surface area contributed by atoms with E-state index in [1.54, 1.807) is 31.2 Å². The molecule has 0 aromatic heterocycles. The van der Waals surface area contributed by atoms with E-state index >= 15 is 0 Å². The minimum Gasteiger partial charge on any atom is -0.481 e. The molecule has 1 saturated heterocycles. The van der Waals surface area contributed by atoms with E-state index in [0.717, 1.165) is 32.2 Å². The lowest BCUT2D eigenvalue weighted by molar-refractivity contribution is -0.138. The van der Waals surface area contributed by atoms with Crippen LogP contribution in [-0.2, 0) is 14.4 Å². The Balaban J connectivity index is 1.62. The zero-order valence-electron chi connectivity index (χ0n) is 14.4. The number of piperidine rings is 1. The number of hydrogen-bond acceptors (Lipinski definition) is 3. The third-order valence-electron chi connectivity index (χ3n) is 5.06. The molecule has 1 heterocycles. The number of carbonyl (C=O) groups is 3. The topological polar surface area (TPSA) is 86.7 Å². The van der Waals surface area contributed by atoms with Crippen LogP contribution in [0.2, 0.25) is 0 Å². The van der Waals surface area contributed by atoms with Gasteiger partial charge in [0.1, 0.15) is 0 Å². The van der Waals surface area contributed by atoms with Crippen LogP contribution in [0.3, 0.4) is 0 Å². The molecule has 25 heavy (non-hydrogen) atoms. The lowest BCUT2D eigenvalue weighted by atomic mass is 9.96. The Morgan fingerprint density at radius 3 is 2.64 bits per heavy atom. The number of likely N-dealkylation sites (tertiary alicyclic amines) is 1. The van der Waals surface area contributed by atoms with Crippen molar-refractivity contribution >= 4 is 23.5 Å². The van der Waals surface area contributed by atoms with E-state index in [0.29, 0.717) is 17.8 Å². The summed E-state index contributed by atoms with van der Waals surface area (Å²) in [7, 11) is 0. The molecule has 0 radical (unpaired) electrons. The molecule has 2 N–H and O–H groups in total. The monoisotopic (exact) mass is 344 g/mol. The van der Waals surface area contributed by atoms with E-state index in [-0.39, 0.29) is 23.7 Å². The summed E-state index contributed by atoms with van der Waals surface area (Å²) in [6.45, 7) is 2.84. The fraction of sp³-hybridized carbons (Fsp3) is 0.526. The van der Waals surface area contributed by atoms with Crippen LogP contribution in [0, 0.1) is 11.8 Å². The molecule has 6 nitrogen and oxygen atoms in total. The molecular weight excluding hydrogens is 320 g/mol. The van der Waals surface area contributed by atoms with Gasteiger partial charge in [0.15, 0.2) is 0 Å². The van der Waals surface area contributed by atoms with Gasteiger partial charge in [-0.3, -0.25) is 14.4 Å². The number of nitrogens with zero attached hydrogens (tertiary/aromatic N) is 1. The number of carboxylic acid groups (broad SMARTS) is 1. The summed E-state index contributed by atoms with van der Waals surface area (Å²) in [6, 6.07) is 6.94. The summed E-state index contributed by atoms with van der Waals surface area (Å²) in [4.78, 5) is 37.7. The molecular formula is C19H24N2O4. The number of carbonyl (C=O) groups excluding carboxylic acids is 2. The Morgan fingerprint density at radius 1 is 1.20 bits per heavy atom. The third kappa shape index (κ3) is 4.18. The molecule has 134 valence electrons. The highest BCUT2D eigenvalue weighted by atomic mass is 16.4. The van der Waals surface area contributed by atoms with Crippen molar-refractivity contribution in [1.29, 1.82) is 0 Å². The zero-order chi connectivity index (χ0) is 18.0. The highest BCUT2D eigenvalue weighted by Crippen LogP contribution is 2.32. The second-order valence-corrected chi connectivity index (χ2v) is 7.07. The van der Waals surface area contributed by atoms with Crippen molar-refractivity contribution < 1.29 is 19.5 Å². The van der Waals surface area contributed by atoms with Gasteiger partial charge in [-0.25, -0.2) is 0 Å². The first kappa shape index (κ1) is 17.5. The van der Waals surface area contributed by atoms with Crippen molar-refractivity contribution in [3.8, 4) is 0 Å². The Labute approximate surface area is 147 Å². The highest BCUT2D eigenvalue weighted by molar-refractivity contribution is 5.93. The largest absolute Gasteiger partial charge is 0.481 e. The molecule has 1 aromatic carbocycles. The first-order chi connectivity index (χ1) is 12.0. The van der Waals surface area contributed by atoms with Crippen LogP contribution in [0.15, 0.2) is 24.3 Å². The Hall–Kier alpha value is -2.37. The van der Waals surface area contributed by atoms with Gasteiger partial charge in [0.05, 0.1) is 11.8 Å². The van der Waals surface area contributed by atoms with Crippen molar-refractivity contribution in [2.75, 3.05) is 18.4 Å². The van der Waals surface area contributed by atoms with Gasteiger partial charge in [0.25, 0.3) is 0 Å². The molecule has 0 bridgehead atoms. The van der Waals surface area contributed by atoms with Gasteiger partial charge < -0.3 is 15.3 Å². The number of hydrogen-bond donors (Lipinski definition) is 2. The maximum Gasteiger partial charge on any atom is 0.310 e. The fourth-order valence-electron chi connectivity index (χ4n) is 3.25. The summed E-state index contributed by atoms with van der Waals surface area (Å²) < 4.78 is 0. The van der Waals surface area contributed by atoms with Gasteiger partial charge in [-0.2, -0.15) is 0 Å². The van der Waals surface area contributed by atoms with Crippen molar-refractivity contribution in [2.24, 2.45) is 11.8 Å². The molecule has 0 spiro atoms. The molecule has 3 rings (SSSR count). The molecule has 6 heteroatoms. The molecule has 1 saturated carbocycles. The predicted octanol–water partition coefficient (Wildman–Crippen LogP) is 2.46. The van der Waals surface area contributed by atoms with Gasteiger partial charge in [-0.05, 0) is 50.3 Å². The van der Waals surface area contributed by atoms with Crippen molar-refractivity contribution in [1.82, 2.24) is 4.90 Å². The van der Waals surface area contributed by atoms with Crippen LogP contribution < -0.4 is 5.32 Å². The lowest BCUT2D eigenvalue weighted by Gasteiger charge is -2.32. The Morgan fingerprint density at radius 2 is 1.96 bits per heavy atom. The molecule has 2 fully saturated rings. The average molecular weight is 344 g/mol. The number of nitrogens with one attached hydrogen (secondary N) is 1. The molecule has 2 aliphatic rings. The summed E-state index contributed by atoms with van der Waals surface area (Å²) in [5.74, 6) is -1.47. The van der Waals surface area contributed by atoms with Crippen LogP contribution in [0.4, 0.5) is 5.69 Å². The van der Waals surface area contributed by atoms with Crippen molar-refractivity contribution in [3.05, 3.63) is 29.8 Å². The number of aliphatic carboxylic acids is 1.